The molecule has 3 rings (SSSR count). The lowest BCUT2D eigenvalue weighted by Crippen LogP contribution is -2.44. The van der Waals surface area contributed by atoms with Crippen molar-refractivity contribution in [3.05, 3.63) is 30.1 Å². The Morgan fingerprint density at radius 1 is 1.35 bits per heavy atom. The van der Waals surface area contributed by atoms with E-state index in [1.54, 1.807) is 6.33 Å². The van der Waals surface area contributed by atoms with Crippen LogP contribution in [0.15, 0.2) is 24.5 Å². The first kappa shape index (κ1) is 13.2. The number of likely N-dealkylation sites (tertiary alicyclic amines) is 1. The van der Waals surface area contributed by atoms with Crippen LogP contribution in [0.5, 0.6) is 0 Å². The molecule has 20 heavy (non-hydrogen) atoms. The highest BCUT2D eigenvalue weighted by atomic mass is 16.2. The number of hydrogen-bond donors (Lipinski definition) is 0. The van der Waals surface area contributed by atoms with Crippen molar-refractivity contribution in [1.82, 2.24) is 14.5 Å². The molecule has 2 aromatic rings. The quantitative estimate of drug-likeness (QED) is 0.800. The Kier molecular flexibility index (Phi) is 3.24. The highest BCUT2D eigenvalue weighted by Gasteiger charge is 2.27. The first-order valence-electron chi connectivity index (χ1n) is 7.28. The van der Waals surface area contributed by atoms with E-state index < -0.39 is 0 Å². The molecule has 0 radical (unpaired) electrons. The van der Waals surface area contributed by atoms with Crippen LogP contribution < -0.4 is 0 Å². The van der Waals surface area contributed by atoms with Gasteiger partial charge in [-0.15, -0.1) is 0 Å². The number of aryl methyl sites for hydroxylation is 1. The minimum absolute atomic E-state index is 0.136. The van der Waals surface area contributed by atoms with Crippen molar-refractivity contribution in [3.8, 4) is 0 Å². The fourth-order valence-corrected chi connectivity index (χ4v) is 3.14. The Hall–Kier alpha value is -1.84. The second-order valence-corrected chi connectivity index (χ2v) is 6.04. The second-order valence-electron chi connectivity index (χ2n) is 6.04. The predicted molar refractivity (Wildman–Crippen MR) is 79.6 cm³/mol. The number of benzene rings is 1. The third-order valence-corrected chi connectivity index (χ3v) is 4.37. The number of amides is 1. The molecular weight excluding hydrogens is 250 g/mol. The number of nitrogens with zero attached hydrogens (tertiary/aromatic N) is 3. The van der Waals surface area contributed by atoms with Crippen molar-refractivity contribution in [2.75, 3.05) is 6.54 Å². The maximum atomic E-state index is 12.7. The summed E-state index contributed by atoms with van der Waals surface area (Å²) < 4.78 is 1.97. The van der Waals surface area contributed by atoms with E-state index in [0.29, 0.717) is 12.0 Å². The lowest BCUT2D eigenvalue weighted by molar-refractivity contribution is 0.0589. The number of carbonyl (C=O) groups is 1. The highest BCUT2D eigenvalue weighted by molar-refractivity contribution is 5.97. The van der Waals surface area contributed by atoms with Crippen molar-refractivity contribution in [1.29, 1.82) is 0 Å². The van der Waals surface area contributed by atoms with Crippen molar-refractivity contribution < 1.29 is 4.79 Å². The number of imidazole rings is 1. The highest BCUT2D eigenvalue weighted by Crippen LogP contribution is 2.24. The molecule has 4 heteroatoms. The van der Waals surface area contributed by atoms with Crippen LogP contribution in [0.2, 0.25) is 0 Å². The normalized spacial score (nSPS) is 23.2. The average molecular weight is 271 g/mol. The van der Waals surface area contributed by atoms with E-state index in [2.05, 4.69) is 18.8 Å². The third kappa shape index (κ3) is 2.19. The van der Waals surface area contributed by atoms with Crippen LogP contribution in [0.1, 0.15) is 37.0 Å². The maximum absolute atomic E-state index is 12.7. The van der Waals surface area contributed by atoms with Gasteiger partial charge in [0.15, 0.2) is 0 Å². The van der Waals surface area contributed by atoms with E-state index in [1.165, 1.54) is 0 Å². The fraction of sp³-hybridized carbons (Fsp3) is 0.500. The van der Waals surface area contributed by atoms with Gasteiger partial charge in [0.25, 0.3) is 5.91 Å². The Morgan fingerprint density at radius 3 is 2.90 bits per heavy atom. The Bertz CT molecular complexity index is 646. The molecule has 1 saturated heterocycles. The molecular formula is C16H21N3O. The van der Waals surface area contributed by atoms with Gasteiger partial charge in [0, 0.05) is 25.2 Å². The molecule has 0 aliphatic carbocycles. The lowest BCUT2D eigenvalue weighted by Gasteiger charge is -2.36. The molecule has 2 heterocycles. The van der Waals surface area contributed by atoms with Gasteiger partial charge in [0.05, 0.1) is 17.4 Å². The summed E-state index contributed by atoms with van der Waals surface area (Å²) in [6.45, 7) is 5.27. The monoisotopic (exact) mass is 271 g/mol. The first-order chi connectivity index (χ1) is 9.56. The number of piperidine rings is 1. The molecule has 0 spiro atoms. The van der Waals surface area contributed by atoms with Crippen LogP contribution in [0.4, 0.5) is 0 Å². The van der Waals surface area contributed by atoms with E-state index in [9.17, 15) is 4.79 Å². The van der Waals surface area contributed by atoms with Gasteiger partial charge in [-0.25, -0.2) is 4.98 Å². The van der Waals surface area contributed by atoms with Gasteiger partial charge in [0.2, 0.25) is 0 Å². The maximum Gasteiger partial charge on any atom is 0.254 e. The van der Waals surface area contributed by atoms with Gasteiger partial charge in [-0.2, -0.15) is 0 Å². The predicted octanol–water partition coefficient (Wildman–Crippen LogP) is 2.83. The van der Waals surface area contributed by atoms with Crippen LogP contribution in [0, 0.1) is 5.92 Å². The van der Waals surface area contributed by atoms with Crippen LogP contribution in [0.3, 0.4) is 0 Å². The van der Waals surface area contributed by atoms with E-state index in [-0.39, 0.29) is 5.91 Å². The van der Waals surface area contributed by atoms with Crippen LogP contribution in [-0.2, 0) is 7.05 Å². The third-order valence-electron chi connectivity index (χ3n) is 4.37. The van der Waals surface area contributed by atoms with Gasteiger partial charge < -0.3 is 9.47 Å². The summed E-state index contributed by atoms with van der Waals surface area (Å²) in [6, 6.07) is 6.12. The lowest BCUT2D eigenvalue weighted by atomic mass is 9.93. The van der Waals surface area contributed by atoms with E-state index in [0.717, 1.165) is 36.0 Å². The fourth-order valence-electron chi connectivity index (χ4n) is 3.14. The Morgan fingerprint density at radius 2 is 2.15 bits per heavy atom. The summed E-state index contributed by atoms with van der Waals surface area (Å²) in [4.78, 5) is 19.0. The summed E-state index contributed by atoms with van der Waals surface area (Å²) in [7, 11) is 1.96. The molecule has 1 aliphatic heterocycles. The number of hydrogen-bond acceptors (Lipinski definition) is 2. The number of carbonyl (C=O) groups excluding carboxylic acids is 1. The summed E-state index contributed by atoms with van der Waals surface area (Å²) in [5, 5.41) is 0. The number of fused-ring (bicyclic) bond motifs is 1. The van der Waals surface area contributed by atoms with Crippen molar-refractivity contribution >= 4 is 16.9 Å². The van der Waals surface area contributed by atoms with Gasteiger partial charge in [-0.1, -0.05) is 6.92 Å². The average Bonchev–Trinajstić information content (AvgIpc) is 2.79. The summed E-state index contributed by atoms with van der Waals surface area (Å²) in [6.07, 6.45) is 3.98. The minimum Gasteiger partial charge on any atom is -0.336 e. The summed E-state index contributed by atoms with van der Waals surface area (Å²) >= 11 is 0. The van der Waals surface area contributed by atoms with E-state index >= 15 is 0 Å². The molecule has 0 bridgehead atoms. The zero-order chi connectivity index (χ0) is 14.3. The molecule has 1 aromatic carbocycles. The van der Waals surface area contributed by atoms with Crippen LogP contribution in [-0.4, -0.2) is 32.9 Å². The zero-order valence-electron chi connectivity index (χ0n) is 12.3. The summed E-state index contributed by atoms with van der Waals surface area (Å²) in [5.74, 6) is 0.851. The molecule has 1 aliphatic rings. The first-order valence-corrected chi connectivity index (χ1v) is 7.28. The molecule has 1 aromatic heterocycles. The largest absolute Gasteiger partial charge is 0.336 e. The molecule has 2 atom stereocenters. The zero-order valence-corrected chi connectivity index (χ0v) is 12.3. The molecule has 0 saturated carbocycles. The second kappa shape index (κ2) is 4.93. The standard InChI is InChI=1S/C16H21N3O/c1-11-6-7-19(12(2)8-11)16(20)13-4-5-15-14(9-13)17-10-18(15)3/h4-5,9-12H,6-8H2,1-3H3/t11-,12-/m1/s1. The van der Waals surface area contributed by atoms with Crippen molar-refractivity contribution in [2.24, 2.45) is 13.0 Å². The van der Waals surface area contributed by atoms with Crippen LogP contribution in [0.25, 0.3) is 11.0 Å². The minimum atomic E-state index is 0.136. The van der Waals surface area contributed by atoms with Crippen molar-refractivity contribution in [2.45, 2.75) is 32.7 Å². The molecule has 106 valence electrons. The number of rotatable bonds is 1. The topological polar surface area (TPSA) is 38.1 Å². The van der Waals surface area contributed by atoms with Gasteiger partial charge in [-0.3, -0.25) is 4.79 Å². The molecule has 0 unspecified atom stereocenters. The Labute approximate surface area is 119 Å². The number of aromatic nitrogens is 2. The van der Waals surface area contributed by atoms with E-state index in [1.807, 2.05) is 34.7 Å². The molecule has 4 nitrogen and oxygen atoms in total. The van der Waals surface area contributed by atoms with Crippen molar-refractivity contribution in [3.63, 3.8) is 0 Å². The van der Waals surface area contributed by atoms with Gasteiger partial charge in [0.1, 0.15) is 0 Å². The van der Waals surface area contributed by atoms with E-state index in [4.69, 9.17) is 0 Å². The molecule has 0 N–H and O–H groups in total. The van der Waals surface area contributed by atoms with Gasteiger partial charge >= 0.3 is 0 Å². The smallest absolute Gasteiger partial charge is 0.254 e. The SMILES string of the molecule is C[C@@H]1CCN(C(=O)c2ccc3c(c2)ncn3C)[C@H](C)C1. The summed E-state index contributed by atoms with van der Waals surface area (Å²) in [5.41, 5.74) is 2.69. The molecule has 1 amide bonds. The van der Waals surface area contributed by atoms with Gasteiger partial charge in [-0.05, 0) is 43.9 Å². The molecule has 1 fully saturated rings. The van der Waals surface area contributed by atoms with Crippen LogP contribution >= 0.6 is 0 Å². The Balaban J connectivity index is 1.88.